The van der Waals surface area contributed by atoms with Crippen LogP contribution in [0.25, 0.3) is 0 Å². The van der Waals surface area contributed by atoms with Crippen molar-refractivity contribution in [2.45, 2.75) is 26.8 Å². The van der Waals surface area contributed by atoms with E-state index in [-0.39, 0.29) is 11.9 Å². The van der Waals surface area contributed by atoms with Crippen LogP contribution < -0.4 is 10.1 Å². The van der Waals surface area contributed by atoms with Crippen molar-refractivity contribution in [3.05, 3.63) is 65.2 Å². The molecule has 2 aromatic rings. The zero-order chi connectivity index (χ0) is 15.2. The van der Waals surface area contributed by atoms with Crippen molar-refractivity contribution < 1.29 is 9.53 Å². The number of carbonyl (C=O) groups is 1. The lowest BCUT2D eigenvalue weighted by Crippen LogP contribution is -2.37. The molecule has 1 amide bonds. The van der Waals surface area contributed by atoms with Crippen LogP contribution in [0, 0.1) is 13.8 Å². The summed E-state index contributed by atoms with van der Waals surface area (Å²) in [6, 6.07) is 15.4. The lowest BCUT2D eigenvalue weighted by molar-refractivity contribution is 0.0926. The summed E-state index contributed by atoms with van der Waals surface area (Å²) in [5.41, 5.74) is 2.86. The Balaban J connectivity index is 1.90. The first kappa shape index (κ1) is 15.1. The Bertz CT molecular complexity index is 608. The van der Waals surface area contributed by atoms with Gasteiger partial charge in [0.25, 0.3) is 5.91 Å². The van der Waals surface area contributed by atoms with E-state index in [0.717, 1.165) is 16.9 Å². The van der Waals surface area contributed by atoms with Gasteiger partial charge in [-0.25, -0.2) is 0 Å². The fraction of sp³-hybridized carbons (Fsp3) is 0.278. The summed E-state index contributed by atoms with van der Waals surface area (Å²) in [6.45, 7) is 6.35. The molecule has 0 aliphatic rings. The molecule has 0 saturated heterocycles. The number of nitrogens with one attached hydrogen (secondary N) is 1. The van der Waals surface area contributed by atoms with Gasteiger partial charge in [-0.3, -0.25) is 4.79 Å². The van der Waals surface area contributed by atoms with Crippen LogP contribution in [0.2, 0.25) is 0 Å². The minimum absolute atomic E-state index is 0.0570. The monoisotopic (exact) mass is 283 g/mol. The first-order valence-corrected chi connectivity index (χ1v) is 7.12. The Morgan fingerprint density at radius 3 is 2.52 bits per heavy atom. The van der Waals surface area contributed by atoms with E-state index < -0.39 is 0 Å². The van der Waals surface area contributed by atoms with Gasteiger partial charge < -0.3 is 10.1 Å². The molecule has 3 heteroatoms. The van der Waals surface area contributed by atoms with E-state index in [0.29, 0.717) is 12.2 Å². The summed E-state index contributed by atoms with van der Waals surface area (Å²) in [4.78, 5) is 12.2. The maximum absolute atomic E-state index is 12.2. The molecule has 0 heterocycles. The number of aryl methyl sites for hydroxylation is 2. The minimum atomic E-state index is -0.0586. The first-order chi connectivity index (χ1) is 10.1. The largest absolute Gasteiger partial charge is 0.491 e. The molecule has 21 heavy (non-hydrogen) atoms. The van der Waals surface area contributed by atoms with Crippen molar-refractivity contribution >= 4 is 5.91 Å². The van der Waals surface area contributed by atoms with Crippen LogP contribution in [-0.4, -0.2) is 18.6 Å². The summed E-state index contributed by atoms with van der Waals surface area (Å²) in [6.07, 6.45) is 0. The highest BCUT2D eigenvalue weighted by Crippen LogP contribution is 2.11. The number of benzene rings is 2. The van der Waals surface area contributed by atoms with Crippen molar-refractivity contribution in [2.75, 3.05) is 6.61 Å². The van der Waals surface area contributed by atoms with Crippen LogP contribution in [-0.2, 0) is 0 Å². The van der Waals surface area contributed by atoms with Crippen LogP contribution in [0.3, 0.4) is 0 Å². The molecule has 1 N–H and O–H groups in total. The van der Waals surface area contributed by atoms with Gasteiger partial charge in [-0.1, -0.05) is 35.9 Å². The van der Waals surface area contributed by atoms with E-state index >= 15 is 0 Å². The summed E-state index contributed by atoms with van der Waals surface area (Å²) < 4.78 is 5.64. The molecule has 0 unspecified atom stereocenters. The fourth-order valence-corrected chi connectivity index (χ4v) is 2.15. The SMILES string of the molecule is Cc1ccc(C(=O)N[C@H](C)COc2ccccc2)c(C)c1. The number of hydrogen-bond acceptors (Lipinski definition) is 2. The third-order valence-corrected chi connectivity index (χ3v) is 3.25. The predicted molar refractivity (Wildman–Crippen MR) is 84.8 cm³/mol. The Morgan fingerprint density at radius 1 is 1.14 bits per heavy atom. The maximum Gasteiger partial charge on any atom is 0.251 e. The zero-order valence-electron chi connectivity index (χ0n) is 12.7. The molecule has 0 bridgehead atoms. The van der Waals surface area contributed by atoms with Gasteiger partial charge >= 0.3 is 0 Å². The molecular weight excluding hydrogens is 262 g/mol. The summed E-state index contributed by atoms with van der Waals surface area (Å²) in [7, 11) is 0. The third-order valence-electron chi connectivity index (χ3n) is 3.25. The Labute approximate surface area is 126 Å². The normalized spacial score (nSPS) is 11.8. The van der Waals surface area contributed by atoms with Crippen LogP contribution in [0.4, 0.5) is 0 Å². The first-order valence-electron chi connectivity index (χ1n) is 7.12. The van der Waals surface area contributed by atoms with Gasteiger partial charge in [0.05, 0.1) is 6.04 Å². The highest BCUT2D eigenvalue weighted by Gasteiger charge is 2.12. The van der Waals surface area contributed by atoms with Crippen molar-refractivity contribution in [1.82, 2.24) is 5.32 Å². The standard InChI is InChI=1S/C18H21NO2/c1-13-9-10-17(14(2)11-13)18(20)19-15(3)12-21-16-7-5-4-6-8-16/h4-11,15H,12H2,1-3H3,(H,19,20)/t15-/m1/s1. The summed E-state index contributed by atoms with van der Waals surface area (Å²) in [5, 5.41) is 2.96. The molecule has 0 aromatic heterocycles. The smallest absolute Gasteiger partial charge is 0.251 e. The van der Waals surface area contributed by atoms with Gasteiger partial charge in [0.15, 0.2) is 0 Å². The predicted octanol–water partition coefficient (Wildman–Crippen LogP) is 3.50. The van der Waals surface area contributed by atoms with E-state index in [4.69, 9.17) is 4.74 Å². The molecule has 1 atom stereocenters. The van der Waals surface area contributed by atoms with Crippen molar-refractivity contribution in [2.24, 2.45) is 0 Å². The van der Waals surface area contributed by atoms with Gasteiger partial charge in [0.1, 0.15) is 12.4 Å². The van der Waals surface area contributed by atoms with E-state index in [1.165, 1.54) is 0 Å². The number of amides is 1. The highest BCUT2D eigenvalue weighted by molar-refractivity contribution is 5.95. The number of rotatable bonds is 5. The Kier molecular flexibility index (Phi) is 4.99. The average Bonchev–Trinajstić information content (AvgIpc) is 2.46. The molecule has 0 saturated carbocycles. The number of carbonyl (C=O) groups excluding carboxylic acids is 1. The van der Waals surface area contributed by atoms with Crippen LogP contribution in [0.1, 0.15) is 28.4 Å². The minimum Gasteiger partial charge on any atom is -0.491 e. The Morgan fingerprint density at radius 2 is 1.86 bits per heavy atom. The molecule has 0 radical (unpaired) electrons. The molecule has 3 nitrogen and oxygen atoms in total. The molecule has 2 rings (SSSR count). The van der Waals surface area contributed by atoms with E-state index in [1.807, 2.05) is 69.3 Å². The molecule has 2 aromatic carbocycles. The quantitative estimate of drug-likeness (QED) is 0.912. The molecular formula is C18H21NO2. The van der Waals surface area contributed by atoms with Gasteiger partial charge in [0.2, 0.25) is 0 Å². The molecule has 0 fully saturated rings. The van der Waals surface area contributed by atoms with Gasteiger partial charge in [-0.2, -0.15) is 0 Å². The van der Waals surface area contributed by atoms with Crippen LogP contribution >= 0.6 is 0 Å². The van der Waals surface area contributed by atoms with Crippen molar-refractivity contribution in [3.63, 3.8) is 0 Å². The highest BCUT2D eigenvalue weighted by atomic mass is 16.5. The second kappa shape index (κ2) is 6.93. The van der Waals surface area contributed by atoms with Gasteiger partial charge in [-0.05, 0) is 44.5 Å². The average molecular weight is 283 g/mol. The fourth-order valence-electron chi connectivity index (χ4n) is 2.15. The van der Waals surface area contributed by atoms with Gasteiger partial charge in [-0.15, -0.1) is 0 Å². The second-order valence-electron chi connectivity index (χ2n) is 5.32. The Hall–Kier alpha value is -2.29. The van der Waals surface area contributed by atoms with Crippen LogP contribution in [0.5, 0.6) is 5.75 Å². The summed E-state index contributed by atoms with van der Waals surface area (Å²) >= 11 is 0. The molecule has 0 spiro atoms. The number of para-hydroxylation sites is 1. The van der Waals surface area contributed by atoms with E-state index in [2.05, 4.69) is 5.32 Å². The van der Waals surface area contributed by atoms with Gasteiger partial charge in [0, 0.05) is 5.56 Å². The van der Waals surface area contributed by atoms with E-state index in [1.54, 1.807) is 0 Å². The van der Waals surface area contributed by atoms with Crippen molar-refractivity contribution in [3.8, 4) is 5.75 Å². The third kappa shape index (κ3) is 4.35. The van der Waals surface area contributed by atoms with E-state index in [9.17, 15) is 4.79 Å². The second-order valence-corrected chi connectivity index (χ2v) is 5.32. The maximum atomic E-state index is 12.2. The van der Waals surface area contributed by atoms with Crippen molar-refractivity contribution in [1.29, 1.82) is 0 Å². The topological polar surface area (TPSA) is 38.3 Å². The lowest BCUT2D eigenvalue weighted by atomic mass is 10.1. The summed E-state index contributed by atoms with van der Waals surface area (Å²) in [5.74, 6) is 0.752. The zero-order valence-corrected chi connectivity index (χ0v) is 12.7. The number of hydrogen-bond donors (Lipinski definition) is 1. The molecule has 0 aliphatic carbocycles. The molecule has 0 aliphatic heterocycles. The van der Waals surface area contributed by atoms with Crippen LogP contribution in [0.15, 0.2) is 48.5 Å². The molecule has 110 valence electrons. The number of ether oxygens (including phenoxy) is 1. The lowest BCUT2D eigenvalue weighted by Gasteiger charge is -2.16.